The Hall–Kier alpha value is -3.72. The van der Waals surface area contributed by atoms with Crippen molar-refractivity contribution in [2.24, 2.45) is 0 Å². The van der Waals surface area contributed by atoms with Crippen molar-refractivity contribution < 1.29 is 4.79 Å². The first kappa shape index (κ1) is 19.1. The first-order chi connectivity index (χ1) is 13.6. The standard InChI is InChI=1S/C22H21N5O/c1-16(2)27(15-17-7-4-3-5-8-17)21-12-11-20(25-26-21)22(28)24-19-10-6-9-18(13-19)14-23/h3-13,16H,15H2,1-2H3,(H,24,28). The van der Waals surface area contributed by atoms with Gasteiger partial charge in [-0.1, -0.05) is 36.4 Å². The van der Waals surface area contributed by atoms with E-state index in [9.17, 15) is 4.79 Å². The summed E-state index contributed by atoms with van der Waals surface area (Å²) in [7, 11) is 0. The summed E-state index contributed by atoms with van der Waals surface area (Å²) < 4.78 is 0. The van der Waals surface area contributed by atoms with Gasteiger partial charge in [0.15, 0.2) is 11.5 Å². The topological polar surface area (TPSA) is 81.9 Å². The zero-order chi connectivity index (χ0) is 19.9. The van der Waals surface area contributed by atoms with Gasteiger partial charge in [0.25, 0.3) is 5.91 Å². The molecule has 0 bridgehead atoms. The van der Waals surface area contributed by atoms with Gasteiger partial charge in [-0.25, -0.2) is 0 Å². The van der Waals surface area contributed by atoms with E-state index < -0.39 is 0 Å². The second-order valence-electron chi connectivity index (χ2n) is 6.63. The number of hydrogen-bond donors (Lipinski definition) is 1. The quantitative estimate of drug-likeness (QED) is 0.708. The summed E-state index contributed by atoms with van der Waals surface area (Å²) in [5.41, 5.74) is 2.42. The molecule has 0 saturated carbocycles. The highest BCUT2D eigenvalue weighted by Crippen LogP contribution is 2.18. The van der Waals surface area contributed by atoms with Gasteiger partial charge in [0.2, 0.25) is 0 Å². The van der Waals surface area contributed by atoms with E-state index >= 15 is 0 Å². The number of amides is 1. The number of benzene rings is 2. The van der Waals surface area contributed by atoms with Gasteiger partial charge in [-0.15, -0.1) is 10.2 Å². The van der Waals surface area contributed by atoms with Crippen LogP contribution in [0.4, 0.5) is 11.5 Å². The van der Waals surface area contributed by atoms with Crippen molar-refractivity contribution in [1.29, 1.82) is 5.26 Å². The van der Waals surface area contributed by atoms with Gasteiger partial charge in [-0.3, -0.25) is 4.79 Å². The first-order valence-corrected chi connectivity index (χ1v) is 9.02. The molecule has 0 radical (unpaired) electrons. The maximum absolute atomic E-state index is 12.4. The maximum atomic E-state index is 12.4. The van der Waals surface area contributed by atoms with Gasteiger partial charge in [0.1, 0.15) is 0 Å². The van der Waals surface area contributed by atoms with Crippen LogP contribution in [-0.2, 0) is 6.54 Å². The average Bonchev–Trinajstić information content (AvgIpc) is 2.73. The van der Waals surface area contributed by atoms with Crippen molar-refractivity contribution in [2.45, 2.75) is 26.4 Å². The minimum absolute atomic E-state index is 0.217. The number of nitrogens with zero attached hydrogens (tertiary/aromatic N) is 4. The SMILES string of the molecule is CC(C)N(Cc1ccccc1)c1ccc(C(=O)Nc2cccc(C#N)c2)nn1. The lowest BCUT2D eigenvalue weighted by atomic mass is 10.2. The van der Waals surface area contributed by atoms with Crippen LogP contribution in [0.15, 0.2) is 66.7 Å². The van der Waals surface area contributed by atoms with Crippen molar-refractivity contribution in [1.82, 2.24) is 10.2 Å². The largest absolute Gasteiger partial charge is 0.348 e. The Morgan fingerprint density at radius 2 is 1.86 bits per heavy atom. The van der Waals surface area contributed by atoms with E-state index in [1.165, 1.54) is 5.56 Å². The van der Waals surface area contributed by atoms with E-state index in [1.807, 2.05) is 24.3 Å². The minimum atomic E-state index is -0.367. The Labute approximate surface area is 164 Å². The fraction of sp³-hybridized carbons (Fsp3) is 0.182. The zero-order valence-electron chi connectivity index (χ0n) is 15.8. The number of anilines is 2. The van der Waals surface area contributed by atoms with Crippen molar-refractivity contribution in [3.63, 3.8) is 0 Å². The van der Waals surface area contributed by atoms with Gasteiger partial charge in [0, 0.05) is 18.3 Å². The second kappa shape index (κ2) is 8.78. The molecule has 1 heterocycles. The molecule has 2 aromatic carbocycles. The van der Waals surface area contributed by atoms with Crippen LogP contribution in [0.25, 0.3) is 0 Å². The number of rotatable bonds is 6. The van der Waals surface area contributed by atoms with Crippen molar-refractivity contribution in [3.8, 4) is 6.07 Å². The van der Waals surface area contributed by atoms with E-state index in [0.29, 0.717) is 23.6 Å². The van der Waals surface area contributed by atoms with Crippen LogP contribution in [-0.4, -0.2) is 22.1 Å². The Balaban J connectivity index is 1.73. The molecule has 0 atom stereocenters. The van der Waals surface area contributed by atoms with Crippen LogP contribution < -0.4 is 10.2 Å². The second-order valence-corrected chi connectivity index (χ2v) is 6.63. The van der Waals surface area contributed by atoms with Gasteiger partial charge < -0.3 is 10.2 Å². The third kappa shape index (κ3) is 4.71. The third-order valence-corrected chi connectivity index (χ3v) is 4.25. The van der Waals surface area contributed by atoms with Gasteiger partial charge in [-0.2, -0.15) is 5.26 Å². The smallest absolute Gasteiger partial charge is 0.276 e. The molecule has 0 fully saturated rings. The van der Waals surface area contributed by atoms with Crippen LogP contribution in [0.2, 0.25) is 0 Å². The Morgan fingerprint density at radius 1 is 1.07 bits per heavy atom. The van der Waals surface area contributed by atoms with Crippen LogP contribution in [0, 0.1) is 11.3 Å². The van der Waals surface area contributed by atoms with Gasteiger partial charge in [0.05, 0.1) is 11.6 Å². The summed E-state index contributed by atoms with van der Waals surface area (Å²) in [6.07, 6.45) is 0. The molecule has 1 amide bonds. The lowest BCUT2D eigenvalue weighted by molar-refractivity contribution is 0.102. The number of hydrogen-bond acceptors (Lipinski definition) is 5. The predicted molar refractivity (Wildman–Crippen MR) is 109 cm³/mol. The number of aromatic nitrogens is 2. The number of carbonyl (C=O) groups is 1. The molecular formula is C22H21N5O. The lowest BCUT2D eigenvalue weighted by Gasteiger charge is -2.27. The number of nitriles is 1. The predicted octanol–water partition coefficient (Wildman–Crippen LogP) is 4.02. The summed E-state index contributed by atoms with van der Waals surface area (Å²) in [4.78, 5) is 14.5. The fourth-order valence-electron chi connectivity index (χ4n) is 2.77. The number of carbonyl (C=O) groups excluding carboxylic acids is 1. The Morgan fingerprint density at radius 3 is 2.50 bits per heavy atom. The van der Waals surface area contributed by atoms with Crippen LogP contribution in [0.5, 0.6) is 0 Å². The van der Waals surface area contributed by atoms with Gasteiger partial charge in [-0.05, 0) is 49.7 Å². The molecule has 3 aromatic rings. The first-order valence-electron chi connectivity index (χ1n) is 9.02. The van der Waals surface area contributed by atoms with Crippen molar-refractivity contribution in [2.75, 3.05) is 10.2 Å². The summed E-state index contributed by atoms with van der Waals surface area (Å²) in [6.45, 7) is 4.89. The van der Waals surface area contributed by atoms with Crippen molar-refractivity contribution in [3.05, 3.63) is 83.6 Å². The molecule has 1 N–H and O–H groups in total. The summed E-state index contributed by atoms with van der Waals surface area (Å²) in [6, 6.07) is 22.6. The lowest BCUT2D eigenvalue weighted by Crippen LogP contribution is -2.31. The highest BCUT2D eigenvalue weighted by Gasteiger charge is 2.15. The summed E-state index contributed by atoms with van der Waals surface area (Å²) in [5.74, 6) is 0.343. The van der Waals surface area contributed by atoms with E-state index in [-0.39, 0.29) is 17.6 Å². The summed E-state index contributed by atoms with van der Waals surface area (Å²) >= 11 is 0. The third-order valence-electron chi connectivity index (χ3n) is 4.25. The molecule has 6 nitrogen and oxygen atoms in total. The van der Waals surface area contributed by atoms with E-state index in [0.717, 1.165) is 0 Å². The van der Waals surface area contributed by atoms with E-state index in [1.54, 1.807) is 36.4 Å². The molecule has 0 aliphatic carbocycles. The molecule has 0 saturated heterocycles. The fourth-order valence-corrected chi connectivity index (χ4v) is 2.77. The number of nitrogens with one attached hydrogen (secondary N) is 1. The molecule has 1 aromatic heterocycles. The highest BCUT2D eigenvalue weighted by atomic mass is 16.1. The van der Waals surface area contributed by atoms with E-state index in [2.05, 4.69) is 46.4 Å². The molecule has 140 valence electrons. The Kier molecular flexibility index (Phi) is 5.97. The molecule has 0 aliphatic rings. The normalized spacial score (nSPS) is 10.4. The highest BCUT2D eigenvalue weighted by molar-refractivity contribution is 6.02. The molecule has 0 spiro atoms. The Bertz CT molecular complexity index is 978. The van der Waals surface area contributed by atoms with Crippen LogP contribution in [0.3, 0.4) is 0 Å². The molecule has 28 heavy (non-hydrogen) atoms. The molecule has 0 unspecified atom stereocenters. The average molecular weight is 371 g/mol. The molecule has 0 aliphatic heterocycles. The summed E-state index contributed by atoms with van der Waals surface area (Å²) in [5, 5.41) is 20.0. The van der Waals surface area contributed by atoms with Gasteiger partial charge >= 0.3 is 0 Å². The monoisotopic (exact) mass is 371 g/mol. The molecular weight excluding hydrogens is 350 g/mol. The zero-order valence-corrected chi connectivity index (χ0v) is 15.8. The molecule has 3 rings (SSSR count). The minimum Gasteiger partial charge on any atom is -0.348 e. The van der Waals surface area contributed by atoms with Crippen molar-refractivity contribution >= 4 is 17.4 Å². The van der Waals surface area contributed by atoms with Crippen LogP contribution in [0.1, 0.15) is 35.5 Å². The molecule has 6 heteroatoms. The van der Waals surface area contributed by atoms with Crippen LogP contribution >= 0.6 is 0 Å². The van der Waals surface area contributed by atoms with E-state index in [4.69, 9.17) is 5.26 Å². The maximum Gasteiger partial charge on any atom is 0.276 e.